The monoisotopic (exact) mass is 249 g/mol. The van der Waals surface area contributed by atoms with E-state index in [1.807, 2.05) is 12.1 Å². The van der Waals surface area contributed by atoms with Gasteiger partial charge in [-0.05, 0) is 31.7 Å². The lowest BCUT2D eigenvalue weighted by Crippen LogP contribution is -2.33. The van der Waals surface area contributed by atoms with E-state index < -0.39 is 6.10 Å². The van der Waals surface area contributed by atoms with Crippen molar-refractivity contribution in [2.75, 3.05) is 18.0 Å². The number of nitrogens with zero attached hydrogens (tertiary/aromatic N) is 1. The lowest BCUT2D eigenvalue weighted by atomic mass is 9.94. The number of phenols is 1. The van der Waals surface area contributed by atoms with E-state index in [4.69, 9.17) is 0 Å². The number of aliphatic hydroxyl groups excluding tert-OH is 1. The number of rotatable bonds is 3. The molecule has 3 nitrogen and oxygen atoms in total. The van der Waals surface area contributed by atoms with E-state index in [1.54, 1.807) is 13.0 Å². The largest absolute Gasteiger partial charge is 0.507 e. The lowest BCUT2D eigenvalue weighted by Gasteiger charge is -2.33. The maximum Gasteiger partial charge on any atom is 0.123 e. The Morgan fingerprint density at radius 3 is 2.50 bits per heavy atom. The number of aromatic hydroxyl groups is 1. The van der Waals surface area contributed by atoms with Crippen LogP contribution in [-0.2, 0) is 0 Å². The molecule has 1 unspecified atom stereocenters. The molecule has 0 spiro atoms. The highest BCUT2D eigenvalue weighted by Gasteiger charge is 2.19. The minimum atomic E-state index is -0.620. The van der Waals surface area contributed by atoms with E-state index in [9.17, 15) is 10.2 Å². The number of piperidine rings is 1. The van der Waals surface area contributed by atoms with Crippen molar-refractivity contribution in [2.45, 2.75) is 39.2 Å². The van der Waals surface area contributed by atoms with Gasteiger partial charge in [-0.1, -0.05) is 19.4 Å². The van der Waals surface area contributed by atoms with E-state index in [-0.39, 0.29) is 5.75 Å². The summed E-state index contributed by atoms with van der Waals surface area (Å²) in [4.78, 5) is 2.32. The summed E-state index contributed by atoms with van der Waals surface area (Å²) in [6.45, 7) is 6.04. The summed E-state index contributed by atoms with van der Waals surface area (Å²) in [7, 11) is 0. The maximum atomic E-state index is 9.90. The summed E-state index contributed by atoms with van der Waals surface area (Å²) in [6, 6.07) is 5.59. The molecule has 0 amide bonds. The van der Waals surface area contributed by atoms with Crippen molar-refractivity contribution in [1.82, 2.24) is 0 Å². The molecule has 1 atom stereocenters. The van der Waals surface area contributed by atoms with Gasteiger partial charge in [0.15, 0.2) is 0 Å². The topological polar surface area (TPSA) is 43.7 Å². The van der Waals surface area contributed by atoms with Crippen LogP contribution < -0.4 is 4.90 Å². The summed E-state index contributed by atoms with van der Waals surface area (Å²) in [5, 5.41) is 19.4. The number of aliphatic hydroxyl groups is 1. The molecular weight excluding hydrogens is 226 g/mol. The first-order valence-electron chi connectivity index (χ1n) is 6.87. The van der Waals surface area contributed by atoms with E-state index in [0.29, 0.717) is 5.56 Å². The quantitative estimate of drug-likeness (QED) is 0.865. The predicted octanol–water partition coefficient (Wildman–Crippen LogP) is 3.07. The van der Waals surface area contributed by atoms with Crippen LogP contribution in [0.3, 0.4) is 0 Å². The molecule has 0 aliphatic carbocycles. The minimum Gasteiger partial charge on any atom is -0.507 e. The summed E-state index contributed by atoms with van der Waals surface area (Å²) < 4.78 is 0. The Hall–Kier alpha value is -1.22. The van der Waals surface area contributed by atoms with Crippen LogP contribution in [0.15, 0.2) is 18.2 Å². The fourth-order valence-corrected chi connectivity index (χ4v) is 2.68. The van der Waals surface area contributed by atoms with Gasteiger partial charge >= 0.3 is 0 Å². The molecule has 3 heteroatoms. The third-order valence-corrected chi connectivity index (χ3v) is 4.02. The maximum absolute atomic E-state index is 9.90. The average molecular weight is 249 g/mol. The molecule has 1 aromatic rings. The molecule has 1 saturated heterocycles. The normalized spacial score (nSPS) is 18.9. The molecule has 0 aromatic heterocycles. The van der Waals surface area contributed by atoms with E-state index >= 15 is 0 Å². The van der Waals surface area contributed by atoms with Crippen molar-refractivity contribution in [3.8, 4) is 5.75 Å². The van der Waals surface area contributed by atoms with Crippen LogP contribution in [0.2, 0.25) is 0 Å². The Morgan fingerprint density at radius 2 is 2.00 bits per heavy atom. The Kier molecular flexibility index (Phi) is 4.12. The SMILES string of the molecule is CCC1CCN(c2ccc(C(C)O)c(O)c2)CC1. The molecule has 1 heterocycles. The van der Waals surface area contributed by atoms with Crippen LogP contribution in [0.4, 0.5) is 5.69 Å². The highest BCUT2D eigenvalue weighted by molar-refractivity contribution is 5.54. The van der Waals surface area contributed by atoms with Gasteiger partial charge in [0.2, 0.25) is 0 Å². The molecule has 1 fully saturated rings. The molecule has 2 N–H and O–H groups in total. The van der Waals surface area contributed by atoms with Crippen molar-refractivity contribution in [3.63, 3.8) is 0 Å². The molecule has 1 aliphatic heterocycles. The summed E-state index contributed by atoms with van der Waals surface area (Å²) in [5.41, 5.74) is 1.66. The van der Waals surface area contributed by atoms with Crippen molar-refractivity contribution >= 4 is 5.69 Å². The van der Waals surface area contributed by atoms with Crippen LogP contribution in [0, 0.1) is 5.92 Å². The van der Waals surface area contributed by atoms with E-state index in [0.717, 1.165) is 24.7 Å². The zero-order valence-electron chi connectivity index (χ0n) is 11.3. The standard InChI is InChI=1S/C15H23NO2/c1-3-12-6-8-16(9-7-12)13-4-5-14(11(2)17)15(18)10-13/h4-5,10-12,17-18H,3,6-9H2,1-2H3. The summed E-state index contributed by atoms with van der Waals surface area (Å²) in [5.74, 6) is 1.05. The highest BCUT2D eigenvalue weighted by Crippen LogP contribution is 2.31. The second-order valence-electron chi connectivity index (χ2n) is 5.26. The van der Waals surface area contributed by atoms with Crippen molar-refractivity contribution in [3.05, 3.63) is 23.8 Å². The molecule has 18 heavy (non-hydrogen) atoms. The zero-order chi connectivity index (χ0) is 13.1. The number of benzene rings is 1. The summed E-state index contributed by atoms with van der Waals surface area (Å²) in [6.07, 6.45) is 3.11. The fourth-order valence-electron chi connectivity index (χ4n) is 2.68. The van der Waals surface area contributed by atoms with Gasteiger partial charge in [-0.15, -0.1) is 0 Å². The second-order valence-corrected chi connectivity index (χ2v) is 5.26. The Balaban J connectivity index is 2.08. The van der Waals surface area contributed by atoms with E-state index in [1.165, 1.54) is 19.3 Å². The van der Waals surface area contributed by atoms with Crippen molar-refractivity contribution in [1.29, 1.82) is 0 Å². The third-order valence-electron chi connectivity index (χ3n) is 4.02. The fraction of sp³-hybridized carbons (Fsp3) is 0.600. The van der Waals surface area contributed by atoms with Gasteiger partial charge in [-0.3, -0.25) is 0 Å². The van der Waals surface area contributed by atoms with Crippen molar-refractivity contribution < 1.29 is 10.2 Å². The smallest absolute Gasteiger partial charge is 0.123 e. The third kappa shape index (κ3) is 2.78. The first-order chi connectivity index (χ1) is 8.61. The number of hydrogen-bond donors (Lipinski definition) is 2. The van der Waals surface area contributed by atoms with Crippen LogP contribution in [0.25, 0.3) is 0 Å². The van der Waals surface area contributed by atoms with Crippen LogP contribution in [-0.4, -0.2) is 23.3 Å². The second kappa shape index (κ2) is 5.61. The van der Waals surface area contributed by atoms with Gasteiger partial charge in [0.1, 0.15) is 5.75 Å². The van der Waals surface area contributed by atoms with Crippen LogP contribution in [0.1, 0.15) is 44.8 Å². The Bertz CT molecular complexity index is 395. The highest BCUT2D eigenvalue weighted by atomic mass is 16.3. The number of hydrogen-bond acceptors (Lipinski definition) is 3. The van der Waals surface area contributed by atoms with Gasteiger partial charge in [0.25, 0.3) is 0 Å². The zero-order valence-corrected chi connectivity index (χ0v) is 11.3. The Morgan fingerprint density at radius 1 is 1.33 bits per heavy atom. The minimum absolute atomic E-state index is 0.195. The van der Waals surface area contributed by atoms with Gasteiger partial charge in [0, 0.05) is 30.4 Å². The Labute approximate surface area is 109 Å². The van der Waals surface area contributed by atoms with Crippen LogP contribution >= 0.6 is 0 Å². The lowest BCUT2D eigenvalue weighted by molar-refractivity contribution is 0.195. The summed E-state index contributed by atoms with van der Waals surface area (Å²) >= 11 is 0. The van der Waals surface area contributed by atoms with Gasteiger partial charge < -0.3 is 15.1 Å². The molecular formula is C15H23NO2. The number of phenolic OH excluding ortho intramolecular Hbond substituents is 1. The molecule has 1 aromatic carbocycles. The van der Waals surface area contributed by atoms with E-state index in [2.05, 4.69) is 11.8 Å². The van der Waals surface area contributed by atoms with Gasteiger partial charge in [-0.2, -0.15) is 0 Å². The van der Waals surface area contributed by atoms with Gasteiger partial charge in [0.05, 0.1) is 6.10 Å². The molecule has 2 rings (SSSR count). The first kappa shape index (κ1) is 13.2. The molecule has 1 aliphatic rings. The molecule has 0 bridgehead atoms. The number of anilines is 1. The molecule has 0 radical (unpaired) electrons. The first-order valence-corrected chi connectivity index (χ1v) is 6.87. The molecule has 0 saturated carbocycles. The van der Waals surface area contributed by atoms with Crippen molar-refractivity contribution in [2.24, 2.45) is 5.92 Å². The average Bonchev–Trinajstić information content (AvgIpc) is 2.38. The predicted molar refractivity (Wildman–Crippen MR) is 74.0 cm³/mol. The van der Waals surface area contributed by atoms with Gasteiger partial charge in [-0.25, -0.2) is 0 Å². The molecule has 100 valence electrons. The van der Waals surface area contributed by atoms with Crippen LogP contribution in [0.5, 0.6) is 5.75 Å².